The van der Waals surface area contributed by atoms with E-state index in [0.717, 1.165) is 11.0 Å². The summed E-state index contributed by atoms with van der Waals surface area (Å²) in [6, 6.07) is 7.69. The normalized spacial score (nSPS) is 12.0. The van der Waals surface area contributed by atoms with Gasteiger partial charge in [0.2, 0.25) is 0 Å². The van der Waals surface area contributed by atoms with Gasteiger partial charge in [-0.15, -0.1) is 11.8 Å². The van der Waals surface area contributed by atoms with Crippen molar-refractivity contribution in [1.82, 2.24) is 19.7 Å². The van der Waals surface area contributed by atoms with Crippen molar-refractivity contribution in [2.45, 2.75) is 31.3 Å². The van der Waals surface area contributed by atoms with Gasteiger partial charge in [0, 0.05) is 0 Å². The molecular weight excluding hydrogens is 332 g/mol. The fourth-order valence-corrected chi connectivity index (χ4v) is 3.24. The lowest BCUT2D eigenvalue weighted by atomic mass is 10.1. The van der Waals surface area contributed by atoms with E-state index in [2.05, 4.69) is 15.1 Å². The van der Waals surface area contributed by atoms with Crippen molar-refractivity contribution in [3.63, 3.8) is 0 Å². The predicted octanol–water partition coefficient (Wildman–Crippen LogP) is 3.92. The molecule has 0 radical (unpaired) electrons. The number of aromatic amines is 1. The molecule has 0 fully saturated rings. The SMILES string of the molecule is CSc1nn(C(C)(C)C)c(=O)c(Cl)c1-c1nc2ccccc2[nH]1. The molecule has 1 aromatic carbocycles. The van der Waals surface area contributed by atoms with Crippen molar-refractivity contribution in [3.8, 4) is 11.4 Å². The van der Waals surface area contributed by atoms with Gasteiger partial charge in [-0.25, -0.2) is 9.67 Å². The lowest BCUT2D eigenvalue weighted by Gasteiger charge is -2.22. The number of nitrogens with one attached hydrogen (secondary N) is 1. The second kappa shape index (κ2) is 5.69. The summed E-state index contributed by atoms with van der Waals surface area (Å²) in [4.78, 5) is 20.4. The molecule has 0 bridgehead atoms. The number of imidazole rings is 1. The maximum atomic E-state index is 12.6. The van der Waals surface area contributed by atoms with E-state index >= 15 is 0 Å². The van der Waals surface area contributed by atoms with Gasteiger partial charge in [0.15, 0.2) is 0 Å². The van der Waals surface area contributed by atoms with Crippen LogP contribution in [0.25, 0.3) is 22.4 Å². The summed E-state index contributed by atoms with van der Waals surface area (Å²) in [6.45, 7) is 5.76. The smallest absolute Gasteiger partial charge is 0.286 e. The number of nitrogens with zero attached hydrogens (tertiary/aromatic N) is 3. The van der Waals surface area contributed by atoms with E-state index in [9.17, 15) is 4.79 Å². The highest BCUT2D eigenvalue weighted by Crippen LogP contribution is 2.33. The van der Waals surface area contributed by atoms with Crippen LogP contribution in [-0.4, -0.2) is 26.0 Å². The standard InChI is InChI=1S/C16H17ClN4OS/c1-16(2,3)21-15(22)12(17)11(14(20-21)23-4)13-18-9-7-5-6-8-10(9)19-13/h5-8H,1-4H3,(H,18,19). The first-order valence-corrected chi connectivity index (χ1v) is 8.75. The fourth-order valence-electron chi connectivity index (χ4n) is 2.35. The number of hydrogen-bond donors (Lipinski definition) is 1. The first-order valence-electron chi connectivity index (χ1n) is 7.15. The van der Waals surface area contributed by atoms with Gasteiger partial charge in [-0.3, -0.25) is 4.79 Å². The maximum absolute atomic E-state index is 12.6. The highest BCUT2D eigenvalue weighted by Gasteiger charge is 2.24. The Morgan fingerprint density at radius 2 is 1.96 bits per heavy atom. The van der Waals surface area contributed by atoms with Crippen LogP contribution in [0.1, 0.15) is 20.8 Å². The second-order valence-electron chi connectivity index (χ2n) is 6.19. The van der Waals surface area contributed by atoms with Gasteiger partial charge in [-0.05, 0) is 39.2 Å². The second-order valence-corrected chi connectivity index (χ2v) is 7.36. The van der Waals surface area contributed by atoms with Crippen LogP contribution in [0.5, 0.6) is 0 Å². The van der Waals surface area contributed by atoms with Crippen LogP contribution in [0.3, 0.4) is 0 Å². The Balaban J connectivity index is 2.31. The van der Waals surface area contributed by atoms with E-state index in [1.54, 1.807) is 0 Å². The monoisotopic (exact) mass is 348 g/mol. The fraction of sp³-hybridized carbons (Fsp3) is 0.312. The summed E-state index contributed by atoms with van der Waals surface area (Å²) >= 11 is 7.84. The molecule has 1 N–H and O–H groups in total. The zero-order chi connectivity index (χ0) is 16.8. The molecule has 0 atom stereocenters. The van der Waals surface area contributed by atoms with Crippen LogP contribution in [0.15, 0.2) is 34.1 Å². The largest absolute Gasteiger partial charge is 0.338 e. The third-order valence-corrected chi connectivity index (χ3v) is 4.48. The molecule has 120 valence electrons. The maximum Gasteiger partial charge on any atom is 0.286 e. The molecule has 0 aliphatic carbocycles. The topological polar surface area (TPSA) is 63.6 Å². The molecular formula is C16H17ClN4OS. The van der Waals surface area contributed by atoms with Crippen molar-refractivity contribution >= 4 is 34.4 Å². The molecule has 5 nitrogen and oxygen atoms in total. The summed E-state index contributed by atoms with van der Waals surface area (Å²) in [5.41, 5.74) is 1.52. The lowest BCUT2D eigenvalue weighted by Crippen LogP contribution is -2.37. The molecule has 0 unspecified atom stereocenters. The first-order chi connectivity index (χ1) is 10.8. The zero-order valence-electron chi connectivity index (χ0n) is 13.3. The Morgan fingerprint density at radius 3 is 2.57 bits per heavy atom. The van der Waals surface area contributed by atoms with Gasteiger partial charge in [-0.2, -0.15) is 5.10 Å². The Kier molecular flexibility index (Phi) is 3.98. The molecule has 2 aromatic heterocycles. The van der Waals surface area contributed by atoms with Gasteiger partial charge < -0.3 is 4.98 Å². The molecule has 3 aromatic rings. The molecule has 0 aliphatic rings. The number of benzene rings is 1. The van der Waals surface area contributed by atoms with Crippen molar-refractivity contribution in [2.24, 2.45) is 0 Å². The van der Waals surface area contributed by atoms with Crippen LogP contribution in [0.2, 0.25) is 5.02 Å². The summed E-state index contributed by atoms with van der Waals surface area (Å²) < 4.78 is 1.42. The van der Waals surface area contributed by atoms with Gasteiger partial charge >= 0.3 is 0 Å². The first kappa shape index (κ1) is 16.1. The number of aromatic nitrogens is 4. The molecule has 0 spiro atoms. The number of H-pyrrole nitrogens is 1. The van der Waals surface area contributed by atoms with Crippen LogP contribution in [0, 0.1) is 0 Å². The molecule has 7 heteroatoms. The van der Waals surface area contributed by atoms with Crippen LogP contribution in [0.4, 0.5) is 0 Å². The molecule has 23 heavy (non-hydrogen) atoms. The Morgan fingerprint density at radius 1 is 1.26 bits per heavy atom. The minimum atomic E-state index is -0.447. The van der Waals surface area contributed by atoms with Crippen LogP contribution in [-0.2, 0) is 5.54 Å². The predicted molar refractivity (Wildman–Crippen MR) is 95.4 cm³/mol. The van der Waals surface area contributed by atoms with Gasteiger partial charge in [0.05, 0.1) is 22.1 Å². The van der Waals surface area contributed by atoms with E-state index in [-0.39, 0.29) is 10.6 Å². The third-order valence-electron chi connectivity index (χ3n) is 3.46. The van der Waals surface area contributed by atoms with E-state index in [1.165, 1.54) is 16.4 Å². The average Bonchev–Trinajstić information content (AvgIpc) is 2.91. The van der Waals surface area contributed by atoms with Gasteiger partial charge in [0.25, 0.3) is 5.56 Å². The Hall–Kier alpha value is -1.79. The summed E-state index contributed by atoms with van der Waals surface area (Å²) in [5, 5.41) is 5.30. The molecule has 0 saturated carbocycles. The molecule has 0 amide bonds. The summed E-state index contributed by atoms with van der Waals surface area (Å²) in [7, 11) is 0. The number of halogens is 1. The Bertz CT molecular complexity index is 906. The zero-order valence-corrected chi connectivity index (χ0v) is 14.9. The summed E-state index contributed by atoms with van der Waals surface area (Å²) in [6.07, 6.45) is 1.91. The number of hydrogen-bond acceptors (Lipinski definition) is 4. The highest BCUT2D eigenvalue weighted by molar-refractivity contribution is 7.98. The number of thioether (sulfide) groups is 1. The Labute approximate surface area is 143 Å². The number of fused-ring (bicyclic) bond motifs is 1. The van der Waals surface area contributed by atoms with Crippen LogP contribution < -0.4 is 5.56 Å². The summed E-state index contributed by atoms with van der Waals surface area (Å²) in [5.74, 6) is 0.561. The van der Waals surface area contributed by atoms with E-state index in [4.69, 9.17) is 11.6 Å². The molecule has 0 aliphatic heterocycles. The van der Waals surface area contributed by atoms with E-state index in [0.29, 0.717) is 16.4 Å². The molecule has 3 rings (SSSR count). The van der Waals surface area contributed by atoms with Crippen molar-refractivity contribution in [3.05, 3.63) is 39.6 Å². The molecule has 0 saturated heterocycles. The number of para-hydroxylation sites is 2. The van der Waals surface area contributed by atoms with E-state index < -0.39 is 5.54 Å². The van der Waals surface area contributed by atoms with E-state index in [1.807, 2.05) is 51.3 Å². The van der Waals surface area contributed by atoms with Gasteiger partial charge in [-0.1, -0.05) is 23.7 Å². The highest BCUT2D eigenvalue weighted by atomic mass is 35.5. The number of rotatable bonds is 2. The van der Waals surface area contributed by atoms with Crippen molar-refractivity contribution in [2.75, 3.05) is 6.26 Å². The quantitative estimate of drug-likeness (QED) is 0.713. The van der Waals surface area contributed by atoms with Crippen molar-refractivity contribution in [1.29, 1.82) is 0 Å². The van der Waals surface area contributed by atoms with Crippen LogP contribution >= 0.6 is 23.4 Å². The van der Waals surface area contributed by atoms with Gasteiger partial charge in [0.1, 0.15) is 15.9 Å². The van der Waals surface area contributed by atoms with Crippen molar-refractivity contribution < 1.29 is 0 Å². The lowest BCUT2D eigenvalue weighted by molar-refractivity contribution is 0.330. The average molecular weight is 349 g/mol. The minimum Gasteiger partial charge on any atom is -0.338 e. The minimum absolute atomic E-state index is 0.137. The third kappa shape index (κ3) is 2.77. The molecule has 2 heterocycles.